The van der Waals surface area contributed by atoms with E-state index in [0.717, 1.165) is 31.5 Å². The fourth-order valence-corrected chi connectivity index (χ4v) is 3.67. The number of non-ortho nitro benzene ring substituents is 1. The van der Waals surface area contributed by atoms with E-state index in [1.807, 2.05) is 0 Å². The highest BCUT2D eigenvalue weighted by atomic mass is 35.5. The van der Waals surface area contributed by atoms with Gasteiger partial charge in [-0.15, -0.1) is 0 Å². The summed E-state index contributed by atoms with van der Waals surface area (Å²) in [4.78, 5) is 12.7. The second kappa shape index (κ2) is 5.31. The van der Waals surface area contributed by atoms with Crippen LogP contribution in [0.1, 0.15) is 18.4 Å². The van der Waals surface area contributed by atoms with Crippen molar-refractivity contribution in [3.63, 3.8) is 0 Å². The minimum absolute atomic E-state index is 0.0730. The molecule has 2 fully saturated rings. The van der Waals surface area contributed by atoms with E-state index in [0.29, 0.717) is 23.4 Å². The van der Waals surface area contributed by atoms with Crippen molar-refractivity contribution < 1.29 is 10.0 Å². The minimum Gasteiger partial charge on any atom is -0.393 e. The van der Waals surface area contributed by atoms with Crippen molar-refractivity contribution >= 4 is 17.3 Å². The Labute approximate surface area is 122 Å². The number of aliphatic hydroxyl groups is 1. The normalized spacial score (nSPS) is 29.6. The smallest absolute Gasteiger partial charge is 0.269 e. The van der Waals surface area contributed by atoms with E-state index >= 15 is 0 Å². The lowest BCUT2D eigenvalue weighted by Crippen LogP contribution is -2.24. The fourth-order valence-electron chi connectivity index (χ4n) is 3.49. The molecule has 108 valence electrons. The monoisotopic (exact) mass is 296 g/mol. The highest BCUT2D eigenvalue weighted by Gasteiger charge is 2.41. The zero-order valence-electron chi connectivity index (χ0n) is 11.0. The third-order valence-electron chi connectivity index (χ3n) is 4.53. The van der Waals surface area contributed by atoms with Crippen LogP contribution in [0.2, 0.25) is 5.02 Å². The molecule has 3 rings (SSSR count). The molecule has 0 radical (unpaired) electrons. The van der Waals surface area contributed by atoms with Crippen LogP contribution in [-0.2, 0) is 6.54 Å². The van der Waals surface area contributed by atoms with E-state index in [4.69, 9.17) is 11.6 Å². The summed E-state index contributed by atoms with van der Waals surface area (Å²) in [6.45, 7) is 2.41. The fraction of sp³-hybridized carbons (Fsp3) is 0.571. The van der Waals surface area contributed by atoms with Gasteiger partial charge in [0.15, 0.2) is 0 Å². The molecule has 3 unspecified atom stereocenters. The number of benzene rings is 1. The first-order valence-electron chi connectivity index (χ1n) is 6.88. The summed E-state index contributed by atoms with van der Waals surface area (Å²) in [5.41, 5.74) is 0.860. The molecule has 2 aliphatic rings. The van der Waals surface area contributed by atoms with Gasteiger partial charge in [-0.05, 0) is 30.4 Å². The number of hydrogen-bond donors (Lipinski definition) is 1. The Morgan fingerprint density at radius 1 is 1.40 bits per heavy atom. The average Bonchev–Trinajstić information content (AvgIpc) is 2.94. The number of fused-ring (bicyclic) bond motifs is 1. The standard InChI is InChI=1S/C14H17ClN2O3/c15-13-3-2-11(17(19)20)5-10(13)7-16-6-9-1-4-14(18)12(9)8-16/h2-3,5,9,12,14,18H,1,4,6-8H2. The summed E-state index contributed by atoms with van der Waals surface area (Å²) < 4.78 is 0. The Balaban J connectivity index is 1.72. The van der Waals surface area contributed by atoms with E-state index in [9.17, 15) is 15.2 Å². The first kappa shape index (κ1) is 13.8. The molecular weight excluding hydrogens is 280 g/mol. The minimum atomic E-state index is -0.400. The maximum absolute atomic E-state index is 10.8. The molecule has 6 heteroatoms. The van der Waals surface area contributed by atoms with Gasteiger partial charge in [0, 0.05) is 42.7 Å². The number of aliphatic hydroxyl groups excluding tert-OH is 1. The van der Waals surface area contributed by atoms with Crippen molar-refractivity contribution in [2.45, 2.75) is 25.5 Å². The van der Waals surface area contributed by atoms with Crippen LogP contribution in [0.5, 0.6) is 0 Å². The molecule has 5 nitrogen and oxygen atoms in total. The highest BCUT2D eigenvalue weighted by molar-refractivity contribution is 6.31. The third-order valence-corrected chi connectivity index (χ3v) is 4.90. The van der Waals surface area contributed by atoms with Crippen LogP contribution in [0, 0.1) is 22.0 Å². The number of nitro groups is 1. The lowest BCUT2D eigenvalue weighted by molar-refractivity contribution is -0.384. The molecule has 0 aromatic heterocycles. The highest BCUT2D eigenvalue weighted by Crippen LogP contribution is 2.39. The van der Waals surface area contributed by atoms with Gasteiger partial charge in [-0.3, -0.25) is 15.0 Å². The summed E-state index contributed by atoms with van der Waals surface area (Å²) in [6.07, 6.45) is 1.79. The maximum atomic E-state index is 10.8. The van der Waals surface area contributed by atoms with Gasteiger partial charge in [-0.25, -0.2) is 0 Å². The molecule has 1 aromatic carbocycles. The van der Waals surface area contributed by atoms with E-state index < -0.39 is 4.92 Å². The van der Waals surface area contributed by atoms with Gasteiger partial charge >= 0.3 is 0 Å². The summed E-state index contributed by atoms with van der Waals surface area (Å²) in [7, 11) is 0. The third kappa shape index (κ3) is 2.53. The molecule has 0 spiro atoms. The molecule has 0 amide bonds. The summed E-state index contributed by atoms with van der Waals surface area (Å²) in [5.74, 6) is 0.912. The molecule has 1 saturated heterocycles. The van der Waals surface area contributed by atoms with Gasteiger partial charge in [0.25, 0.3) is 5.69 Å². The molecule has 1 heterocycles. The van der Waals surface area contributed by atoms with E-state index in [1.165, 1.54) is 6.07 Å². The van der Waals surface area contributed by atoms with Crippen molar-refractivity contribution in [1.29, 1.82) is 0 Å². The van der Waals surface area contributed by atoms with E-state index in [1.54, 1.807) is 12.1 Å². The largest absolute Gasteiger partial charge is 0.393 e. The molecule has 3 atom stereocenters. The number of nitrogens with zero attached hydrogens (tertiary/aromatic N) is 2. The Kier molecular flexibility index (Phi) is 3.67. The van der Waals surface area contributed by atoms with Crippen molar-refractivity contribution in [2.24, 2.45) is 11.8 Å². The summed E-state index contributed by atoms with van der Waals surface area (Å²) in [6, 6.07) is 4.56. The van der Waals surface area contributed by atoms with Crippen molar-refractivity contribution in [2.75, 3.05) is 13.1 Å². The van der Waals surface area contributed by atoms with Crippen molar-refractivity contribution in [1.82, 2.24) is 4.90 Å². The molecule has 1 saturated carbocycles. The van der Waals surface area contributed by atoms with Crippen LogP contribution in [0.3, 0.4) is 0 Å². The van der Waals surface area contributed by atoms with Gasteiger partial charge in [-0.1, -0.05) is 11.6 Å². The summed E-state index contributed by atoms with van der Waals surface area (Å²) >= 11 is 6.13. The predicted octanol–water partition coefficient (Wildman–Crippen LogP) is 2.45. The van der Waals surface area contributed by atoms with Gasteiger partial charge in [0.2, 0.25) is 0 Å². The lowest BCUT2D eigenvalue weighted by atomic mass is 10.00. The molecule has 1 aromatic rings. The van der Waals surface area contributed by atoms with Crippen LogP contribution >= 0.6 is 11.6 Å². The van der Waals surface area contributed by atoms with E-state index in [-0.39, 0.29) is 11.8 Å². The van der Waals surface area contributed by atoms with E-state index in [2.05, 4.69) is 4.90 Å². The van der Waals surface area contributed by atoms with Crippen LogP contribution in [0.4, 0.5) is 5.69 Å². The molecule has 0 bridgehead atoms. The zero-order chi connectivity index (χ0) is 14.3. The number of likely N-dealkylation sites (tertiary alicyclic amines) is 1. The second-order valence-electron chi connectivity index (χ2n) is 5.80. The number of hydrogen-bond acceptors (Lipinski definition) is 4. The summed E-state index contributed by atoms with van der Waals surface area (Å²) in [5, 5.41) is 21.3. The molecule has 1 aliphatic heterocycles. The Hall–Kier alpha value is -1.17. The van der Waals surface area contributed by atoms with Gasteiger partial charge in [0.1, 0.15) is 0 Å². The van der Waals surface area contributed by atoms with Gasteiger partial charge < -0.3 is 5.11 Å². The van der Waals surface area contributed by atoms with Crippen molar-refractivity contribution in [3.05, 3.63) is 38.9 Å². The predicted molar refractivity (Wildman–Crippen MR) is 75.6 cm³/mol. The van der Waals surface area contributed by atoms with Gasteiger partial charge in [-0.2, -0.15) is 0 Å². The van der Waals surface area contributed by atoms with Crippen molar-refractivity contribution in [3.8, 4) is 0 Å². The number of nitro benzene ring substituents is 1. The van der Waals surface area contributed by atoms with Gasteiger partial charge in [0.05, 0.1) is 11.0 Å². The maximum Gasteiger partial charge on any atom is 0.269 e. The first-order chi connectivity index (χ1) is 9.54. The lowest BCUT2D eigenvalue weighted by Gasteiger charge is -2.18. The molecule has 1 N–H and O–H groups in total. The number of rotatable bonds is 3. The van der Waals surface area contributed by atoms with Crippen LogP contribution in [0.15, 0.2) is 18.2 Å². The van der Waals surface area contributed by atoms with Crippen LogP contribution in [0.25, 0.3) is 0 Å². The Morgan fingerprint density at radius 3 is 2.90 bits per heavy atom. The zero-order valence-corrected chi connectivity index (χ0v) is 11.8. The Morgan fingerprint density at radius 2 is 2.20 bits per heavy atom. The SMILES string of the molecule is O=[N+]([O-])c1ccc(Cl)c(CN2CC3CCC(O)C3C2)c1. The molecule has 1 aliphatic carbocycles. The molecule has 20 heavy (non-hydrogen) atoms. The van der Waals surface area contributed by atoms with Crippen LogP contribution in [-0.4, -0.2) is 34.1 Å². The molecular formula is C14H17ClN2O3. The van der Waals surface area contributed by atoms with Crippen LogP contribution < -0.4 is 0 Å². The Bertz CT molecular complexity index is 537. The quantitative estimate of drug-likeness (QED) is 0.687. The number of halogens is 1. The second-order valence-corrected chi connectivity index (χ2v) is 6.20. The topological polar surface area (TPSA) is 66.6 Å². The first-order valence-corrected chi connectivity index (χ1v) is 7.25. The average molecular weight is 297 g/mol.